The van der Waals surface area contributed by atoms with E-state index in [0.29, 0.717) is 12.1 Å². The highest BCUT2D eigenvalue weighted by Crippen LogP contribution is 2.32. The Morgan fingerprint density at radius 1 is 1.35 bits per heavy atom. The molecule has 2 rings (SSSR count). The second kappa shape index (κ2) is 5.12. The van der Waals surface area contributed by atoms with Gasteiger partial charge in [0.15, 0.2) is 23.0 Å². The van der Waals surface area contributed by atoms with Crippen molar-refractivity contribution >= 4 is 23.0 Å². The van der Waals surface area contributed by atoms with E-state index >= 15 is 0 Å². The predicted octanol–water partition coefficient (Wildman–Crippen LogP) is 2.74. The lowest BCUT2D eigenvalue weighted by atomic mass is 9.94. The fraction of sp³-hybridized carbons (Fsp3) is 0.538. The van der Waals surface area contributed by atoms with Crippen molar-refractivity contribution in [3.8, 4) is 5.75 Å². The van der Waals surface area contributed by atoms with Gasteiger partial charge in [-0.05, 0) is 43.5 Å². The Morgan fingerprint density at radius 3 is 2.53 bits per heavy atom. The normalized spacial score (nSPS) is 18.9. The third-order valence-electron chi connectivity index (χ3n) is 3.80. The third kappa shape index (κ3) is 2.44. The largest absolute Gasteiger partial charge is 0.427 e. The molecule has 0 aliphatic carbocycles. The van der Waals surface area contributed by atoms with Crippen LogP contribution in [0.3, 0.4) is 0 Å². The standard InChI is InChI=1S/C13H19IN2O/c1-8-9(2)13(17-14)5-4-12(8)10(3)16-6-11(15)7-16/h4-5,10-11H,6-7,15H2,1-3H3. The van der Waals surface area contributed by atoms with Crippen molar-refractivity contribution in [2.24, 2.45) is 5.73 Å². The fourth-order valence-corrected chi connectivity index (χ4v) is 2.89. The average Bonchev–Trinajstić information content (AvgIpc) is 2.28. The van der Waals surface area contributed by atoms with Crippen molar-refractivity contribution in [3.05, 3.63) is 28.8 Å². The van der Waals surface area contributed by atoms with Crippen LogP contribution in [0.4, 0.5) is 0 Å². The highest BCUT2D eigenvalue weighted by molar-refractivity contribution is 14.1. The summed E-state index contributed by atoms with van der Waals surface area (Å²) in [6.07, 6.45) is 0. The maximum atomic E-state index is 5.84. The van der Waals surface area contributed by atoms with E-state index in [4.69, 9.17) is 8.80 Å². The van der Waals surface area contributed by atoms with Gasteiger partial charge >= 0.3 is 0 Å². The quantitative estimate of drug-likeness (QED) is 0.856. The Morgan fingerprint density at radius 2 is 2.00 bits per heavy atom. The van der Waals surface area contributed by atoms with Gasteiger partial charge in [0.25, 0.3) is 0 Å². The van der Waals surface area contributed by atoms with Crippen molar-refractivity contribution < 1.29 is 3.07 Å². The summed E-state index contributed by atoms with van der Waals surface area (Å²) in [7, 11) is 0. The second-order valence-electron chi connectivity index (χ2n) is 4.87. The SMILES string of the molecule is Cc1c(OI)ccc(C(C)N2CC(N)C2)c1C. The van der Waals surface area contributed by atoms with Gasteiger partial charge in [-0.25, -0.2) is 0 Å². The fourth-order valence-electron chi connectivity index (χ4n) is 2.41. The molecule has 94 valence electrons. The monoisotopic (exact) mass is 346 g/mol. The van der Waals surface area contributed by atoms with Gasteiger partial charge in [0.2, 0.25) is 0 Å². The topological polar surface area (TPSA) is 38.5 Å². The maximum Gasteiger partial charge on any atom is 0.192 e. The number of halogens is 1. The molecule has 1 aromatic rings. The van der Waals surface area contributed by atoms with Crippen LogP contribution in [0.1, 0.15) is 29.7 Å². The first-order valence-electron chi connectivity index (χ1n) is 5.93. The van der Waals surface area contributed by atoms with Crippen LogP contribution in [-0.2, 0) is 0 Å². The van der Waals surface area contributed by atoms with E-state index in [9.17, 15) is 0 Å². The lowest BCUT2D eigenvalue weighted by Crippen LogP contribution is -2.56. The molecule has 1 unspecified atom stereocenters. The minimum Gasteiger partial charge on any atom is -0.427 e. The molecule has 4 heteroatoms. The Hall–Kier alpha value is -0.330. The Balaban J connectivity index is 2.24. The molecule has 1 aromatic carbocycles. The summed E-state index contributed by atoms with van der Waals surface area (Å²) in [6, 6.07) is 5.03. The molecule has 1 aliphatic heterocycles. The van der Waals surface area contributed by atoms with E-state index in [1.165, 1.54) is 16.7 Å². The van der Waals surface area contributed by atoms with Crippen LogP contribution in [0.2, 0.25) is 0 Å². The van der Waals surface area contributed by atoms with Gasteiger partial charge in [0.1, 0.15) is 5.75 Å². The molecule has 1 heterocycles. The van der Waals surface area contributed by atoms with Crippen LogP contribution in [0.5, 0.6) is 5.75 Å². The van der Waals surface area contributed by atoms with Crippen molar-refractivity contribution in [2.75, 3.05) is 13.1 Å². The maximum absolute atomic E-state index is 5.84. The Kier molecular flexibility index (Phi) is 3.95. The molecular weight excluding hydrogens is 327 g/mol. The highest BCUT2D eigenvalue weighted by atomic mass is 127. The number of hydrogen-bond donors (Lipinski definition) is 1. The van der Waals surface area contributed by atoms with Crippen LogP contribution in [0.15, 0.2) is 12.1 Å². The molecule has 1 saturated heterocycles. The molecule has 0 bridgehead atoms. The van der Waals surface area contributed by atoms with Gasteiger partial charge in [-0.2, -0.15) is 0 Å². The Labute approximate surface area is 117 Å². The van der Waals surface area contributed by atoms with Crippen molar-refractivity contribution in [1.29, 1.82) is 0 Å². The van der Waals surface area contributed by atoms with Crippen LogP contribution in [0.25, 0.3) is 0 Å². The van der Waals surface area contributed by atoms with E-state index in [-0.39, 0.29) is 0 Å². The average molecular weight is 346 g/mol. The number of benzene rings is 1. The molecule has 0 saturated carbocycles. The van der Waals surface area contributed by atoms with Crippen LogP contribution in [-0.4, -0.2) is 24.0 Å². The van der Waals surface area contributed by atoms with E-state index < -0.39 is 0 Å². The van der Waals surface area contributed by atoms with Crippen LogP contribution < -0.4 is 8.80 Å². The molecule has 2 N–H and O–H groups in total. The van der Waals surface area contributed by atoms with Crippen molar-refractivity contribution in [3.63, 3.8) is 0 Å². The van der Waals surface area contributed by atoms with E-state index in [2.05, 4.69) is 37.8 Å². The summed E-state index contributed by atoms with van der Waals surface area (Å²) in [5.41, 5.74) is 9.77. The lowest BCUT2D eigenvalue weighted by molar-refractivity contribution is 0.103. The number of likely N-dealkylation sites (tertiary alicyclic amines) is 1. The summed E-state index contributed by atoms with van der Waals surface area (Å²) in [4.78, 5) is 2.41. The smallest absolute Gasteiger partial charge is 0.192 e. The molecule has 0 amide bonds. The van der Waals surface area contributed by atoms with Gasteiger partial charge in [-0.15, -0.1) is 0 Å². The van der Waals surface area contributed by atoms with Crippen LogP contribution in [0, 0.1) is 13.8 Å². The van der Waals surface area contributed by atoms with Gasteiger partial charge in [0, 0.05) is 25.2 Å². The second-order valence-corrected chi connectivity index (χ2v) is 5.31. The number of hydrogen-bond acceptors (Lipinski definition) is 3. The van der Waals surface area contributed by atoms with Gasteiger partial charge in [-0.3, -0.25) is 4.90 Å². The van der Waals surface area contributed by atoms with E-state index in [0.717, 1.165) is 18.8 Å². The highest BCUT2D eigenvalue weighted by Gasteiger charge is 2.29. The zero-order valence-corrected chi connectivity index (χ0v) is 12.7. The zero-order valence-electron chi connectivity index (χ0n) is 10.5. The van der Waals surface area contributed by atoms with Gasteiger partial charge < -0.3 is 8.80 Å². The minimum absolute atomic E-state index is 0.357. The summed E-state index contributed by atoms with van der Waals surface area (Å²) in [6.45, 7) is 8.54. The van der Waals surface area contributed by atoms with Gasteiger partial charge in [-0.1, -0.05) is 6.07 Å². The Bertz CT molecular complexity index is 416. The van der Waals surface area contributed by atoms with E-state index in [1.54, 1.807) is 0 Å². The molecule has 1 aliphatic rings. The number of nitrogens with zero attached hydrogens (tertiary/aromatic N) is 1. The van der Waals surface area contributed by atoms with Crippen molar-refractivity contribution in [2.45, 2.75) is 32.9 Å². The van der Waals surface area contributed by atoms with E-state index in [1.807, 2.05) is 23.0 Å². The molecule has 3 nitrogen and oxygen atoms in total. The van der Waals surface area contributed by atoms with Gasteiger partial charge in [0.05, 0.1) is 0 Å². The first-order valence-corrected chi connectivity index (χ1v) is 6.81. The summed E-state index contributed by atoms with van der Waals surface area (Å²) < 4.78 is 5.31. The molecule has 0 radical (unpaired) electrons. The predicted molar refractivity (Wildman–Crippen MR) is 78.5 cm³/mol. The number of nitrogens with two attached hydrogens (primary N) is 1. The molecular formula is C13H19IN2O. The van der Waals surface area contributed by atoms with Crippen LogP contribution >= 0.6 is 23.0 Å². The molecule has 0 aromatic heterocycles. The zero-order chi connectivity index (χ0) is 12.6. The molecule has 1 atom stereocenters. The molecule has 17 heavy (non-hydrogen) atoms. The molecule has 0 spiro atoms. The van der Waals surface area contributed by atoms with Crippen molar-refractivity contribution in [1.82, 2.24) is 4.90 Å². The third-order valence-corrected chi connectivity index (χ3v) is 4.27. The summed E-state index contributed by atoms with van der Waals surface area (Å²) in [5, 5.41) is 0. The molecule has 1 fully saturated rings. The summed E-state index contributed by atoms with van der Waals surface area (Å²) in [5.74, 6) is 0.958. The lowest BCUT2D eigenvalue weighted by Gasteiger charge is -2.42. The minimum atomic E-state index is 0.357. The first kappa shape index (κ1) is 13.1. The first-order chi connectivity index (χ1) is 8.04. The number of rotatable bonds is 3. The summed E-state index contributed by atoms with van der Waals surface area (Å²) >= 11 is 1.93.